The van der Waals surface area contributed by atoms with Gasteiger partial charge in [-0.25, -0.2) is 4.18 Å². The number of aliphatic hydroxyl groups is 4. The maximum Gasteiger partial charge on any atom is 0.397 e. The Morgan fingerprint density at radius 3 is 1.07 bits per heavy atom. The second-order valence-electron chi connectivity index (χ2n) is 23.1. The number of hydrogen-bond acceptors (Lipinski definition) is 10. The van der Waals surface area contributed by atoms with Gasteiger partial charge < -0.3 is 35.2 Å². The lowest BCUT2D eigenvalue weighted by molar-refractivity contribution is -0.298. The molecule has 1 aliphatic rings. The molecule has 0 aliphatic carbocycles. The Balaban J connectivity index is 2.27. The minimum Gasteiger partial charge on any atom is -0.394 e. The molecule has 0 saturated carbocycles. The third-order valence-electron chi connectivity index (χ3n) is 15.9. The quantitative estimate of drug-likeness (QED) is 0.0251. The van der Waals surface area contributed by atoms with Crippen LogP contribution in [0.4, 0.5) is 0 Å². The molecule has 1 aliphatic heterocycles. The molecule has 1 rings (SSSR count). The Hall–Kier alpha value is -0.900. The molecule has 75 heavy (non-hydrogen) atoms. The molecule has 0 aromatic heterocycles. The van der Waals surface area contributed by atoms with Gasteiger partial charge in [-0.1, -0.05) is 316 Å². The maximum atomic E-state index is 13.2. The number of aliphatic hydroxyl groups excluding tert-OH is 4. The van der Waals surface area contributed by atoms with E-state index in [1.165, 1.54) is 257 Å². The number of rotatable bonds is 58. The van der Waals surface area contributed by atoms with E-state index in [1.807, 2.05) is 0 Å². The summed E-state index contributed by atoms with van der Waals surface area (Å²) < 4.78 is 48.0. The molecule has 7 atom stereocenters. The second-order valence-corrected chi connectivity index (χ2v) is 24.1. The number of nitrogens with one attached hydrogen (secondary N) is 1. The molecule has 1 saturated heterocycles. The molecule has 0 bridgehead atoms. The van der Waals surface area contributed by atoms with Crippen LogP contribution in [0.25, 0.3) is 0 Å². The molecule has 1 heterocycles. The summed E-state index contributed by atoms with van der Waals surface area (Å²) in [6.45, 7) is 3.52. The standard InChI is InChI=1S/C62H123NO11S/c1-3-5-7-9-11-13-15-17-19-21-23-25-27-28-29-30-32-34-36-38-40-42-44-46-48-50-52-58(66)63-55(54-72-62-60(68)61(74-75(69,70)71)59(67)57(53-64)73-62)56(65)51-49-47-45-43-41-39-37-35-33-31-26-24-22-20-18-16-14-12-10-8-6-4-2/h55-57,59-62,64-65,67-68H,3-54H2,1-2H3,(H,63,66)(H,69,70,71). The van der Waals surface area contributed by atoms with E-state index in [0.717, 1.165) is 51.4 Å². The lowest BCUT2D eigenvalue weighted by Crippen LogP contribution is -2.61. The van der Waals surface area contributed by atoms with Crippen molar-refractivity contribution in [2.75, 3.05) is 13.2 Å². The molecule has 0 aromatic carbocycles. The van der Waals surface area contributed by atoms with E-state index < -0.39 is 59.9 Å². The van der Waals surface area contributed by atoms with Gasteiger partial charge in [-0.3, -0.25) is 9.35 Å². The van der Waals surface area contributed by atoms with Crippen LogP contribution in [0.3, 0.4) is 0 Å². The molecule has 6 N–H and O–H groups in total. The minimum atomic E-state index is -5.08. The first-order valence-electron chi connectivity index (χ1n) is 32.4. The first kappa shape index (κ1) is 72.1. The summed E-state index contributed by atoms with van der Waals surface area (Å²) >= 11 is 0. The van der Waals surface area contributed by atoms with Crippen molar-refractivity contribution in [2.45, 2.75) is 378 Å². The van der Waals surface area contributed by atoms with Gasteiger partial charge in [-0.05, 0) is 12.8 Å². The van der Waals surface area contributed by atoms with Gasteiger partial charge in [0.2, 0.25) is 5.91 Å². The van der Waals surface area contributed by atoms with Gasteiger partial charge in [-0.15, -0.1) is 0 Å². The Bertz CT molecular complexity index is 1330. The molecule has 0 radical (unpaired) electrons. The van der Waals surface area contributed by atoms with E-state index in [-0.39, 0.29) is 12.5 Å². The predicted octanol–water partition coefficient (Wildman–Crippen LogP) is 16.0. The largest absolute Gasteiger partial charge is 0.397 e. The van der Waals surface area contributed by atoms with E-state index in [0.29, 0.717) is 12.8 Å². The van der Waals surface area contributed by atoms with Crippen molar-refractivity contribution in [1.82, 2.24) is 5.32 Å². The highest BCUT2D eigenvalue weighted by Crippen LogP contribution is 2.27. The molecule has 7 unspecified atom stereocenters. The molecule has 0 spiro atoms. The van der Waals surface area contributed by atoms with Crippen LogP contribution in [0.15, 0.2) is 0 Å². The van der Waals surface area contributed by atoms with Gasteiger partial charge in [0.1, 0.15) is 24.4 Å². The molecular weight excluding hydrogens is 967 g/mol. The Morgan fingerprint density at radius 1 is 0.480 bits per heavy atom. The van der Waals surface area contributed by atoms with Crippen molar-refractivity contribution in [2.24, 2.45) is 0 Å². The Morgan fingerprint density at radius 2 is 0.773 bits per heavy atom. The topological polar surface area (TPSA) is 192 Å². The first-order chi connectivity index (χ1) is 36.5. The highest BCUT2D eigenvalue weighted by Gasteiger charge is 2.48. The number of hydrogen-bond donors (Lipinski definition) is 6. The van der Waals surface area contributed by atoms with Crippen LogP contribution in [0, 0.1) is 0 Å². The van der Waals surface area contributed by atoms with E-state index in [9.17, 15) is 38.2 Å². The fourth-order valence-electron chi connectivity index (χ4n) is 10.9. The van der Waals surface area contributed by atoms with Crippen LogP contribution in [0.2, 0.25) is 0 Å². The average molecular weight is 1090 g/mol. The fraction of sp³-hybridized carbons (Fsp3) is 0.984. The molecule has 1 amide bonds. The third kappa shape index (κ3) is 44.5. The normalized spacial score (nSPS) is 18.9. The average Bonchev–Trinajstić information content (AvgIpc) is 3.39. The van der Waals surface area contributed by atoms with Gasteiger partial charge in [0.25, 0.3) is 0 Å². The first-order valence-corrected chi connectivity index (χ1v) is 33.8. The van der Waals surface area contributed by atoms with Crippen LogP contribution in [-0.2, 0) is 28.9 Å². The van der Waals surface area contributed by atoms with Crippen molar-refractivity contribution in [3.05, 3.63) is 0 Å². The van der Waals surface area contributed by atoms with E-state index >= 15 is 0 Å². The van der Waals surface area contributed by atoms with Crippen LogP contribution < -0.4 is 5.32 Å². The van der Waals surface area contributed by atoms with Crippen LogP contribution in [0.5, 0.6) is 0 Å². The second kappa shape index (κ2) is 52.5. The van der Waals surface area contributed by atoms with Gasteiger partial charge >= 0.3 is 10.4 Å². The number of carbonyl (C=O) groups excluding carboxylic acids is 1. The molecule has 0 aromatic rings. The van der Waals surface area contributed by atoms with Crippen molar-refractivity contribution < 1.29 is 51.8 Å². The van der Waals surface area contributed by atoms with Crippen LogP contribution in [-0.4, -0.2) is 95.4 Å². The van der Waals surface area contributed by atoms with Gasteiger partial charge in [0, 0.05) is 6.42 Å². The number of amides is 1. The van der Waals surface area contributed by atoms with Gasteiger partial charge in [0.15, 0.2) is 6.29 Å². The summed E-state index contributed by atoms with van der Waals surface area (Å²) in [6.07, 6.45) is 54.1. The zero-order chi connectivity index (χ0) is 54.7. The SMILES string of the molecule is CCCCCCCCCCCCCCCCCCCCCCCCCCCCC(=O)NC(COC1OC(CO)C(O)C(OS(=O)(=O)O)C1O)C(O)CCCCCCCCCCCCCCCCCCCCCCCC. The highest BCUT2D eigenvalue weighted by molar-refractivity contribution is 7.80. The molecule has 13 heteroatoms. The van der Waals surface area contributed by atoms with Crippen LogP contribution in [0.1, 0.15) is 335 Å². The molecule has 12 nitrogen and oxygen atoms in total. The van der Waals surface area contributed by atoms with E-state index in [1.54, 1.807) is 0 Å². The number of carbonyl (C=O) groups is 1. The molecule has 1 fully saturated rings. The molecule has 448 valence electrons. The van der Waals surface area contributed by atoms with Crippen molar-refractivity contribution in [3.63, 3.8) is 0 Å². The fourth-order valence-corrected chi connectivity index (χ4v) is 11.4. The Labute approximate surface area is 462 Å². The van der Waals surface area contributed by atoms with E-state index in [4.69, 9.17) is 9.47 Å². The summed E-state index contributed by atoms with van der Waals surface area (Å²) in [7, 11) is -5.08. The predicted molar refractivity (Wildman–Crippen MR) is 310 cm³/mol. The van der Waals surface area contributed by atoms with Gasteiger partial charge in [0.05, 0.1) is 25.4 Å². The van der Waals surface area contributed by atoms with Crippen molar-refractivity contribution in [1.29, 1.82) is 0 Å². The number of ether oxygens (including phenoxy) is 2. The maximum absolute atomic E-state index is 13.2. The third-order valence-corrected chi connectivity index (χ3v) is 16.4. The summed E-state index contributed by atoms with van der Waals surface area (Å²) in [6, 6.07) is -0.854. The van der Waals surface area contributed by atoms with E-state index in [2.05, 4.69) is 23.3 Å². The van der Waals surface area contributed by atoms with Crippen molar-refractivity contribution >= 4 is 16.3 Å². The Kier molecular flexibility index (Phi) is 50.5. The lowest BCUT2D eigenvalue weighted by Gasteiger charge is -2.41. The lowest BCUT2D eigenvalue weighted by atomic mass is 9.99. The minimum absolute atomic E-state index is 0.220. The zero-order valence-corrected chi connectivity index (χ0v) is 49.7. The van der Waals surface area contributed by atoms with Gasteiger partial charge in [-0.2, -0.15) is 8.42 Å². The zero-order valence-electron chi connectivity index (χ0n) is 48.9. The summed E-state index contributed by atoms with van der Waals surface area (Å²) in [5.74, 6) is -0.220. The summed E-state index contributed by atoms with van der Waals surface area (Å²) in [5.41, 5.74) is 0. The summed E-state index contributed by atoms with van der Waals surface area (Å²) in [4.78, 5) is 13.2. The monoisotopic (exact) mass is 1090 g/mol. The highest BCUT2D eigenvalue weighted by atomic mass is 32.3. The summed E-state index contributed by atoms with van der Waals surface area (Å²) in [5, 5.41) is 45.3. The van der Waals surface area contributed by atoms with Crippen LogP contribution >= 0.6 is 0 Å². The molecular formula is C62H123NO11S. The van der Waals surface area contributed by atoms with Crippen molar-refractivity contribution in [3.8, 4) is 0 Å². The number of unbranched alkanes of at least 4 members (excludes halogenated alkanes) is 46. The smallest absolute Gasteiger partial charge is 0.394 e.